The van der Waals surface area contributed by atoms with Crippen LogP contribution in [0.1, 0.15) is 24.8 Å². The normalized spacial score (nSPS) is 26.8. The third-order valence-corrected chi connectivity index (χ3v) is 4.27. The van der Waals surface area contributed by atoms with Gasteiger partial charge in [0.15, 0.2) is 0 Å². The lowest BCUT2D eigenvalue weighted by atomic mass is 10.1. The van der Waals surface area contributed by atoms with Gasteiger partial charge < -0.3 is 10.2 Å². The van der Waals surface area contributed by atoms with Crippen LogP contribution in [0.25, 0.3) is 0 Å². The lowest BCUT2D eigenvalue weighted by molar-refractivity contribution is 0.563. The third kappa shape index (κ3) is 2.19. The van der Waals surface area contributed by atoms with Gasteiger partial charge in [-0.1, -0.05) is 11.6 Å². The van der Waals surface area contributed by atoms with Crippen LogP contribution in [0.2, 0.25) is 5.02 Å². The van der Waals surface area contributed by atoms with Crippen LogP contribution in [0, 0.1) is 11.3 Å². The number of benzene rings is 1. The number of halogens is 1. The summed E-state index contributed by atoms with van der Waals surface area (Å²) in [5, 5.41) is 13.1. The average Bonchev–Trinajstić information content (AvgIpc) is 2.69. The summed E-state index contributed by atoms with van der Waals surface area (Å²) >= 11 is 6.10. The molecule has 3 rings (SSSR count). The Balaban J connectivity index is 1.82. The molecule has 0 aliphatic carbocycles. The zero-order chi connectivity index (χ0) is 12.5. The molecule has 0 spiro atoms. The molecule has 2 heterocycles. The molecular formula is C14H16ClN3. The maximum Gasteiger partial charge on any atom is 0.101 e. The first kappa shape index (κ1) is 11.8. The largest absolute Gasteiger partial charge is 0.370 e. The number of nitrogens with zero attached hydrogens (tertiary/aromatic N) is 2. The molecule has 2 fully saturated rings. The van der Waals surface area contributed by atoms with E-state index in [4.69, 9.17) is 16.9 Å². The summed E-state index contributed by atoms with van der Waals surface area (Å²) < 4.78 is 0. The summed E-state index contributed by atoms with van der Waals surface area (Å²) in [6.07, 6.45) is 3.77. The van der Waals surface area contributed by atoms with E-state index in [2.05, 4.69) is 16.3 Å². The smallest absolute Gasteiger partial charge is 0.101 e. The van der Waals surface area contributed by atoms with E-state index in [0.717, 1.165) is 18.8 Å². The monoisotopic (exact) mass is 261 g/mol. The van der Waals surface area contributed by atoms with Crippen LogP contribution in [0.15, 0.2) is 18.2 Å². The molecular weight excluding hydrogens is 246 g/mol. The number of nitrogens with one attached hydrogen (secondary N) is 1. The number of hydrogen-bond acceptors (Lipinski definition) is 3. The standard InChI is InChI=1S/C14H16ClN3/c15-14-7-13(4-1-10(14)8-16)18-6-5-11-2-3-12(9-18)17-11/h1,4,7,11-12,17H,2-3,5-6,9H2. The van der Waals surface area contributed by atoms with Crippen molar-refractivity contribution in [3.8, 4) is 6.07 Å². The Bertz CT molecular complexity index is 494. The van der Waals surface area contributed by atoms with Crippen LogP contribution in [0.3, 0.4) is 0 Å². The van der Waals surface area contributed by atoms with E-state index in [1.165, 1.54) is 19.3 Å². The lowest BCUT2D eigenvalue weighted by Gasteiger charge is -2.26. The molecule has 3 nitrogen and oxygen atoms in total. The van der Waals surface area contributed by atoms with Gasteiger partial charge >= 0.3 is 0 Å². The van der Waals surface area contributed by atoms with Gasteiger partial charge in [0.1, 0.15) is 6.07 Å². The Morgan fingerprint density at radius 1 is 1.28 bits per heavy atom. The van der Waals surface area contributed by atoms with Crippen molar-refractivity contribution in [3.05, 3.63) is 28.8 Å². The first-order valence-electron chi connectivity index (χ1n) is 6.47. The van der Waals surface area contributed by atoms with Crippen molar-refractivity contribution in [1.29, 1.82) is 5.26 Å². The van der Waals surface area contributed by atoms with Crippen LogP contribution < -0.4 is 10.2 Å². The first-order chi connectivity index (χ1) is 8.76. The van der Waals surface area contributed by atoms with E-state index < -0.39 is 0 Å². The van der Waals surface area contributed by atoms with Crippen molar-refractivity contribution in [3.63, 3.8) is 0 Å². The van der Waals surface area contributed by atoms with E-state index in [-0.39, 0.29) is 0 Å². The molecule has 2 unspecified atom stereocenters. The van der Waals surface area contributed by atoms with E-state index in [1.807, 2.05) is 18.2 Å². The zero-order valence-corrected chi connectivity index (χ0v) is 11.0. The summed E-state index contributed by atoms with van der Waals surface area (Å²) in [5.74, 6) is 0. The molecule has 0 aromatic heterocycles. The second kappa shape index (κ2) is 4.79. The number of fused-ring (bicyclic) bond motifs is 2. The maximum atomic E-state index is 8.89. The molecule has 1 aromatic rings. The van der Waals surface area contributed by atoms with E-state index >= 15 is 0 Å². The molecule has 4 heteroatoms. The van der Waals surface area contributed by atoms with Gasteiger partial charge in [-0.15, -0.1) is 0 Å². The predicted molar refractivity (Wildman–Crippen MR) is 72.9 cm³/mol. The molecule has 2 aliphatic rings. The molecule has 2 saturated heterocycles. The summed E-state index contributed by atoms with van der Waals surface area (Å²) in [6, 6.07) is 9.13. The fourth-order valence-corrected chi connectivity index (χ4v) is 3.19. The van der Waals surface area contributed by atoms with Gasteiger partial charge in [-0.2, -0.15) is 5.26 Å². The second-order valence-electron chi connectivity index (χ2n) is 5.15. The summed E-state index contributed by atoms with van der Waals surface area (Å²) in [4.78, 5) is 2.38. The van der Waals surface area contributed by atoms with Crippen molar-refractivity contribution in [2.24, 2.45) is 0 Å². The van der Waals surface area contributed by atoms with Gasteiger partial charge in [0.2, 0.25) is 0 Å². The molecule has 0 saturated carbocycles. The molecule has 0 radical (unpaired) electrons. The number of nitriles is 1. The van der Waals surface area contributed by atoms with Crippen molar-refractivity contribution < 1.29 is 0 Å². The molecule has 1 aromatic carbocycles. The minimum Gasteiger partial charge on any atom is -0.370 e. The molecule has 94 valence electrons. The van der Waals surface area contributed by atoms with Gasteiger partial charge in [-0.25, -0.2) is 0 Å². The molecule has 1 N–H and O–H groups in total. The first-order valence-corrected chi connectivity index (χ1v) is 6.84. The maximum absolute atomic E-state index is 8.89. The Kier molecular flexibility index (Phi) is 3.15. The van der Waals surface area contributed by atoms with Crippen LogP contribution in [0.4, 0.5) is 5.69 Å². The summed E-state index contributed by atoms with van der Waals surface area (Å²) in [7, 11) is 0. The number of rotatable bonds is 1. The van der Waals surface area contributed by atoms with Crippen LogP contribution in [-0.4, -0.2) is 25.2 Å². The van der Waals surface area contributed by atoms with Gasteiger partial charge in [0, 0.05) is 30.9 Å². The van der Waals surface area contributed by atoms with Crippen molar-refractivity contribution in [2.45, 2.75) is 31.3 Å². The van der Waals surface area contributed by atoms with Gasteiger partial charge in [-0.3, -0.25) is 0 Å². The molecule has 2 bridgehead atoms. The quantitative estimate of drug-likeness (QED) is 0.844. The van der Waals surface area contributed by atoms with Crippen molar-refractivity contribution in [2.75, 3.05) is 18.0 Å². The topological polar surface area (TPSA) is 39.1 Å². The summed E-state index contributed by atoms with van der Waals surface area (Å²) in [5.41, 5.74) is 1.68. The molecule has 2 aliphatic heterocycles. The minimum absolute atomic E-state index is 0.551. The average molecular weight is 262 g/mol. The highest BCUT2D eigenvalue weighted by Gasteiger charge is 2.29. The lowest BCUT2D eigenvalue weighted by Crippen LogP contribution is -2.35. The Labute approximate surface area is 112 Å². The molecule has 18 heavy (non-hydrogen) atoms. The highest BCUT2D eigenvalue weighted by molar-refractivity contribution is 6.32. The second-order valence-corrected chi connectivity index (χ2v) is 5.56. The Morgan fingerprint density at radius 2 is 2.11 bits per heavy atom. The molecule has 2 atom stereocenters. The van der Waals surface area contributed by atoms with E-state index in [1.54, 1.807) is 0 Å². The number of anilines is 1. The van der Waals surface area contributed by atoms with Crippen LogP contribution >= 0.6 is 11.6 Å². The van der Waals surface area contributed by atoms with E-state index in [0.29, 0.717) is 22.7 Å². The van der Waals surface area contributed by atoms with Gasteiger partial charge in [0.25, 0.3) is 0 Å². The predicted octanol–water partition coefficient (Wildman–Crippen LogP) is 2.54. The number of hydrogen-bond donors (Lipinski definition) is 1. The van der Waals surface area contributed by atoms with Crippen LogP contribution in [0.5, 0.6) is 0 Å². The Morgan fingerprint density at radius 3 is 2.89 bits per heavy atom. The highest BCUT2D eigenvalue weighted by Crippen LogP contribution is 2.27. The molecule has 0 amide bonds. The Hall–Kier alpha value is -1.24. The minimum atomic E-state index is 0.551. The zero-order valence-electron chi connectivity index (χ0n) is 10.2. The van der Waals surface area contributed by atoms with Crippen LogP contribution in [-0.2, 0) is 0 Å². The third-order valence-electron chi connectivity index (χ3n) is 3.96. The summed E-state index contributed by atoms with van der Waals surface area (Å²) in [6.45, 7) is 2.11. The fourth-order valence-electron chi connectivity index (χ4n) is 2.97. The van der Waals surface area contributed by atoms with Gasteiger partial charge in [-0.05, 0) is 37.5 Å². The van der Waals surface area contributed by atoms with Crippen molar-refractivity contribution in [1.82, 2.24) is 5.32 Å². The van der Waals surface area contributed by atoms with Gasteiger partial charge in [0.05, 0.1) is 10.6 Å². The van der Waals surface area contributed by atoms with Crippen molar-refractivity contribution >= 4 is 17.3 Å². The van der Waals surface area contributed by atoms with E-state index in [9.17, 15) is 0 Å². The SMILES string of the molecule is N#Cc1ccc(N2CCC3CCC(C2)N3)cc1Cl. The fraction of sp³-hybridized carbons (Fsp3) is 0.500. The highest BCUT2D eigenvalue weighted by atomic mass is 35.5.